The van der Waals surface area contributed by atoms with Gasteiger partial charge in [0.05, 0.1) is 47.9 Å². The van der Waals surface area contributed by atoms with Gasteiger partial charge in [0.1, 0.15) is 30.2 Å². The molecule has 6 N–H and O–H groups in total. The zero-order valence-electron chi connectivity index (χ0n) is 45.7. The number of carbonyl (C=O) groups is 6. The molecule has 6 amide bonds. The molecule has 8 atom stereocenters. The SMILES string of the molecule is C/C=C/CC1COCN[C@@H](Cc2cn(C(C)(C)C(O)CCl)c3ccccc23)C(=O)N(C)[C@@H](CC(C)C)C(=O)N[C@@H](Cc2ccc(O)c([N+](=O)[O-])c2)C(=O)N[C@@H](C)C(=O)N(C)C2CC(C)=CN(C2=O)[C@@H](CC(C)C)C(=O)N1. The van der Waals surface area contributed by atoms with E-state index in [-0.39, 0.29) is 68.7 Å². The number of aromatic hydroxyl groups is 1. The third-order valence-corrected chi connectivity index (χ3v) is 14.6. The van der Waals surface area contributed by atoms with E-state index in [0.29, 0.717) is 6.42 Å². The van der Waals surface area contributed by atoms with Crippen LogP contribution in [0.5, 0.6) is 5.75 Å². The second kappa shape index (κ2) is 26.6. The number of fused-ring (bicyclic) bond motifs is 3. The summed E-state index contributed by atoms with van der Waals surface area (Å²) in [5, 5.41) is 45.9. The number of allylic oxidation sites excluding steroid dienone is 1. The Bertz CT molecular complexity index is 2650. The van der Waals surface area contributed by atoms with Gasteiger partial charge in [-0.15, -0.1) is 11.6 Å². The summed E-state index contributed by atoms with van der Waals surface area (Å²) in [4.78, 5) is 103. The number of hydrogen-bond acceptors (Lipinski definition) is 12. The minimum atomic E-state index is -1.49. The van der Waals surface area contributed by atoms with E-state index >= 15 is 4.79 Å². The summed E-state index contributed by atoms with van der Waals surface area (Å²) in [6.07, 6.45) is 6.97. The van der Waals surface area contributed by atoms with Crippen LogP contribution in [0.25, 0.3) is 10.9 Å². The van der Waals surface area contributed by atoms with Crippen molar-refractivity contribution in [2.24, 2.45) is 11.8 Å². The number of para-hydroxylation sites is 1. The largest absolute Gasteiger partial charge is 0.502 e. The Morgan fingerprint density at radius 2 is 1.54 bits per heavy atom. The van der Waals surface area contributed by atoms with Crippen molar-refractivity contribution in [3.8, 4) is 5.75 Å². The summed E-state index contributed by atoms with van der Waals surface area (Å²) >= 11 is 6.19. The summed E-state index contributed by atoms with van der Waals surface area (Å²) < 4.78 is 8.19. The number of nitro groups is 1. The van der Waals surface area contributed by atoms with E-state index in [4.69, 9.17) is 16.3 Å². The van der Waals surface area contributed by atoms with Gasteiger partial charge in [-0.25, -0.2) is 0 Å². The van der Waals surface area contributed by atoms with Crippen molar-refractivity contribution >= 4 is 63.6 Å². The lowest BCUT2D eigenvalue weighted by atomic mass is 9.95. The number of halogens is 1. The van der Waals surface area contributed by atoms with E-state index < -0.39 is 106 Å². The number of phenols is 1. The van der Waals surface area contributed by atoms with Gasteiger partial charge in [0.25, 0.3) is 0 Å². The molecule has 2 aliphatic rings. The van der Waals surface area contributed by atoms with Crippen LogP contribution in [0.15, 0.2) is 72.6 Å². The fourth-order valence-corrected chi connectivity index (χ4v) is 10.1. The van der Waals surface area contributed by atoms with Crippen LogP contribution < -0.4 is 21.3 Å². The van der Waals surface area contributed by atoms with Crippen LogP contribution in [0.2, 0.25) is 0 Å². The van der Waals surface area contributed by atoms with Crippen LogP contribution >= 0.6 is 11.6 Å². The fraction of sp³-hybridized carbons (Fsp3) is 0.564. The number of phenolic OH excluding ortho intramolecular Hbond substituents is 1. The van der Waals surface area contributed by atoms with E-state index in [0.717, 1.165) is 34.2 Å². The van der Waals surface area contributed by atoms with Gasteiger partial charge in [0.2, 0.25) is 35.4 Å². The van der Waals surface area contributed by atoms with Gasteiger partial charge in [-0.2, -0.15) is 0 Å². The summed E-state index contributed by atoms with van der Waals surface area (Å²) in [6.45, 7) is 16.2. The predicted molar refractivity (Wildman–Crippen MR) is 290 cm³/mol. The Kier molecular flexibility index (Phi) is 21.2. The van der Waals surface area contributed by atoms with Gasteiger partial charge in [-0.3, -0.25) is 44.2 Å². The molecule has 2 bridgehead atoms. The van der Waals surface area contributed by atoms with E-state index in [1.165, 1.54) is 41.8 Å². The van der Waals surface area contributed by atoms with Crippen LogP contribution in [-0.4, -0.2) is 152 Å². The normalized spacial score (nSPS) is 24.0. The standard InChI is InChI=1S/C55H78ClN9O11/c1-12-13-16-38-30-76-31-57-41(26-37-29-64(55(8,9)48(67)27-56)42-18-15-14-17-39(37)42)53(72)61(10)44(21-32(2)3)50(69)60-40(24-36-19-20-47(66)43(25-36)65(74)75)49(68)58-35(7)52(71)62(11)46-23-34(6)28-63(54(46)73)45(22-33(4)5)51(70)59-38/h12-15,17-20,25,28-29,32-33,35,38,40-41,44-46,48,57,66-67H,16,21-24,26-27,30-31H2,1-11H3,(H,58,68)(H,59,70)(H,60,69)/b13-12+/t35-,38?,40-,41-,44-,45-,46?,48?/m0/s1. The molecule has 21 heteroatoms. The van der Waals surface area contributed by atoms with Crippen LogP contribution in [0.4, 0.5) is 5.69 Å². The number of nitrogens with one attached hydrogen (secondary N) is 4. The number of alkyl halides is 1. The number of aliphatic hydroxyl groups is 1. The average Bonchev–Trinajstić information content (AvgIpc) is 3.75. The monoisotopic (exact) mass is 1080 g/mol. The van der Waals surface area contributed by atoms with Gasteiger partial charge in [0.15, 0.2) is 5.75 Å². The first-order valence-electron chi connectivity index (χ1n) is 26.0. The molecule has 1 aromatic heterocycles. The zero-order valence-corrected chi connectivity index (χ0v) is 46.4. The number of hydrogen-bond donors (Lipinski definition) is 6. The molecule has 3 heterocycles. The maximum absolute atomic E-state index is 15.2. The Hall–Kier alpha value is -6.35. The molecule has 20 nitrogen and oxygen atoms in total. The molecular formula is C55H78ClN9O11. The van der Waals surface area contributed by atoms with Crippen molar-refractivity contribution < 1.29 is 48.6 Å². The molecule has 3 aromatic rings. The lowest BCUT2D eigenvalue weighted by Gasteiger charge is -2.40. The van der Waals surface area contributed by atoms with Crippen LogP contribution in [-0.2, 0) is 51.9 Å². The van der Waals surface area contributed by atoms with E-state index in [1.54, 1.807) is 13.1 Å². The summed E-state index contributed by atoms with van der Waals surface area (Å²) in [7, 11) is 2.93. The third-order valence-electron chi connectivity index (χ3n) is 14.3. The highest BCUT2D eigenvalue weighted by Gasteiger charge is 2.42. The van der Waals surface area contributed by atoms with Crippen molar-refractivity contribution in [1.82, 2.24) is 40.5 Å². The first-order chi connectivity index (χ1) is 35.8. The number of likely N-dealkylation sites (N-methyl/N-ethyl adjacent to an activating group) is 2. The van der Waals surface area contributed by atoms with Crippen LogP contribution in [0, 0.1) is 22.0 Å². The van der Waals surface area contributed by atoms with E-state index in [1.807, 2.05) is 95.6 Å². The molecule has 1 saturated heterocycles. The molecule has 3 unspecified atom stereocenters. The Balaban J connectivity index is 1.64. The number of nitrogens with zero attached hydrogens (tertiary/aromatic N) is 5. The highest BCUT2D eigenvalue weighted by atomic mass is 35.5. The molecule has 0 aliphatic carbocycles. The molecule has 2 aliphatic heterocycles. The predicted octanol–water partition coefficient (Wildman–Crippen LogP) is 5.01. The highest BCUT2D eigenvalue weighted by molar-refractivity contribution is 6.18. The zero-order chi connectivity index (χ0) is 56.3. The van der Waals surface area contributed by atoms with Gasteiger partial charge >= 0.3 is 5.69 Å². The fourth-order valence-electron chi connectivity index (χ4n) is 9.77. The molecule has 416 valence electrons. The Morgan fingerprint density at radius 3 is 2.18 bits per heavy atom. The van der Waals surface area contributed by atoms with Crippen molar-refractivity contribution in [2.75, 3.05) is 33.3 Å². The second-order valence-electron chi connectivity index (χ2n) is 21.6. The number of aromatic nitrogens is 1. The highest BCUT2D eigenvalue weighted by Crippen LogP contribution is 2.32. The molecule has 0 radical (unpaired) electrons. The van der Waals surface area contributed by atoms with Gasteiger partial charge < -0.3 is 50.2 Å². The van der Waals surface area contributed by atoms with Crippen LogP contribution in [0.1, 0.15) is 99.1 Å². The van der Waals surface area contributed by atoms with Crippen molar-refractivity contribution in [3.63, 3.8) is 0 Å². The Labute approximate surface area is 450 Å². The molecule has 76 heavy (non-hydrogen) atoms. The summed E-state index contributed by atoms with van der Waals surface area (Å²) in [5.74, 6) is -4.53. The lowest BCUT2D eigenvalue weighted by Crippen LogP contribution is -2.60. The minimum absolute atomic E-state index is 0.0103. The molecule has 5 rings (SSSR count). The summed E-state index contributed by atoms with van der Waals surface area (Å²) in [5.41, 5.74) is 0.924. The third kappa shape index (κ3) is 14.8. The number of benzene rings is 2. The molecule has 1 fully saturated rings. The first-order valence-corrected chi connectivity index (χ1v) is 26.5. The smallest absolute Gasteiger partial charge is 0.310 e. The maximum atomic E-state index is 15.2. The average molecular weight is 1080 g/mol. The molecule has 2 aromatic carbocycles. The van der Waals surface area contributed by atoms with Crippen molar-refractivity contribution in [3.05, 3.63) is 93.8 Å². The minimum Gasteiger partial charge on any atom is -0.502 e. The number of ether oxygens (including phenoxy) is 1. The van der Waals surface area contributed by atoms with E-state index in [9.17, 15) is 44.3 Å². The maximum Gasteiger partial charge on any atom is 0.310 e. The first kappa shape index (κ1) is 60.5. The second-order valence-corrected chi connectivity index (χ2v) is 21.9. The van der Waals surface area contributed by atoms with Crippen molar-refractivity contribution in [1.29, 1.82) is 0 Å². The summed E-state index contributed by atoms with van der Waals surface area (Å²) in [6, 6.07) is 3.50. The number of nitro benzene ring substituents is 1. The lowest BCUT2D eigenvalue weighted by molar-refractivity contribution is -0.385. The number of rotatable bonds is 14. The molecule has 0 saturated carbocycles. The van der Waals surface area contributed by atoms with E-state index in [2.05, 4.69) is 21.3 Å². The Morgan fingerprint density at radius 1 is 0.882 bits per heavy atom. The van der Waals surface area contributed by atoms with Crippen LogP contribution in [0.3, 0.4) is 0 Å². The number of amides is 6. The quantitative estimate of drug-likeness (QED) is 0.0539. The van der Waals surface area contributed by atoms with Gasteiger partial charge in [0, 0.05) is 49.9 Å². The van der Waals surface area contributed by atoms with Crippen molar-refractivity contribution in [2.45, 2.75) is 155 Å². The van der Waals surface area contributed by atoms with Gasteiger partial charge in [-0.1, -0.05) is 69.7 Å². The number of aliphatic hydroxyl groups excluding tert-OH is 1. The molecule has 0 spiro atoms. The molecular weight excluding hydrogens is 998 g/mol. The topological polar surface area (TPSA) is 258 Å². The number of carbonyl (C=O) groups excluding carboxylic acids is 6. The van der Waals surface area contributed by atoms with Gasteiger partial charge in [-0.05, 0) is 102 Å².